The number of nitrogens with one attached hydrogen (secondary N) is 2. The highest BCUT2D eigenvalue weighted by Gasteiger charge is 2.19. The standard InChI is InChI=1S/C21H15ClF2N2O2S/c22-15-11-14(9-10-18(15)29-12-13-5-2-1-3-6-13)25-21(28)26-20(27)19-16(23)7-4-8-17(19)24/h1-11H,12H2,(H2,25,26,27,28). The van der Waals surface area contributed by atoms with Crippen LogP contribution < -0.4 is 10.6 Å². The molecular weight excluding hydrogens is 418 g/mol. The number of hydrogen-bond donors (Lipinski definition) is 2. The Morgan fingerprint density at radius 2 is 1.62 bits per heavy atom. The summed E-state index contributed by atoms with van der Waals surface area (Å²) < 4.78 is 27.2. The molecule has 0 aliphatic heterocycles. The molecule has 0 unspecified atom stereocenters. The third-order valence-corrected chi connectivity index (χ3v) is 5.41. The summed E-state index contributed by atoms with van der Waals surface area (Å²) in [5, 5.41) is 4.73. The first-order chi connectivity index (χ1) is 13.9. The fourth-order valence-electron chi connectivity index (χ4n) is 2.47. The van der Waals surface area contributed by atoms with Crippen molar-refractivity contribution in [2.45, 2.75) is 10.6 Å². The van der Waals surface area contributed by atoms with Gasteiger partial charge in [-0.25, -0.2) is 13.6 Å². The van der Waals surface area contributed by atoms with Crippen LogP contribution in [0.4, 0.5) is 19.3 Å². The molecule has 0 spiro atoms. The van der Waals surface area contributed by atoms with Crippen LogP contribution in [0.5, 0.6) is 0 Å². The number of halogens is 3. The van der Waals surface area contributed by atoms with Gasteiger partial charge >= 0.3 is 6.03 Å². The number of imide groups is 1. The van der Waals surface area contributed by atoms with Crippen molar-refractivity contribution in [2.24, 2.45) is 0 Å². The van der Waals surface area contributed by atoms with Gasteiger partial charge in [0.2, 0.25) is 0 Å². The molecule has 148 valence electrons. The Morgan fingerprint density at radius 3 is 2.28 bits per heavy atom. The Morgan fingerprint density at radius 1 is 0.931 bits per heavy atom. The van der Waals surface area contributed by atoms with Gasteiger partial charge in [0.25, 0.3) is 5.91 Å². The van der Waals surface area contributed by atoms with Crippen molar-refractivity contribution in [3.05, 3.63) is 94.5 Å². The Kier molecular flexibility index (Phi) is 6.85. The van der Waals surface area contributed by atoms with Crippen molar-refractivity contribution >= 4 is 41.0 Å². The fraction of sp³-hybridized carbons (Fsp3) is 0.0476. The van der Waals surface area contributed by atoms with E-state index >= 15 is 0 Å². The molecule has 0 heterocycles. The predicted molar refractivity (Wildman–Crippen MR) is 110 cm³/mol. The lowest BCUT2D eigenvalue weighted by molar-refractivity contribution is 0.0959. The number of thioether (sulfide) groups is 1. The second kappa shape index (κ2) is 9.54. The van der Waals surface area contributed by atoms with Gasteiger partial charge in [0, 0.05) is 16.3 Å². The van der Waals surface area contributed by atoms with Crippen molar-refractivity contribution in [1.82, 2.24) is 5.32 Å². The van der Waals surface area contributed by atoms with E-state index in [1.807, 2.05) is 35.6 Å². The Hall–Kier alpha value is -2.90. The van der Waals surface area contributed by atoms with Gasteiger partial charge < -0.3 is 5.32 Å². The minimum atomic E-state index is -1.18. The molecule has 0 aliphatic rings. The lowest BCUT2D eigenvalue weighted by atomic mass is 10.2. The van der Waals surface area contributed by atoms with Gasteiger partial charge in [-0.1, -0.05) is 48.0 Å². The van der Waals surface area contributed by atoms with E-state index in [4.69, 9.17) is 11.6 Å². The monoisotopic (exact) mass is 432 g/mol. The molecule has 0 fully saturated rings. The van der Waals surface area contributed by atoms with Crippen LogP contribution in [0.3, 0.4) is 0 Å². The quantitative estimate of drug-likeness (QED) is 0.495. The highest BCUT2D eigenvalue weighted by molar-refractivity contribution is 7.98. The minimum absolute atomic E-state index is 0.332. The van der Waals surface area contributed by atoms with Gasteiger partial charge in [-0.3, -0.25) is 10.1 Å². The largest absolute Gasteiger partial charge is 0.326 e. The average molecular weight is 433 g/mol. The van der Waals surface area contributed by atoms with Gasteiger partial charge in [-0.05, 0) is 35.9 Å². The van der Waals surface area contributed by atoms with Gasteiger partial charge in [-0.2, -0.15) is 0 Å². The number of carbonyl (C=O) groups is 2. The summed E-state index contributed by atoms with van der Waals surface area (Å²) in [4.78, 5) is 24.8. The first kappa shape index (κ1) is 20.8. The Labute approximate surface area is 175 Å². The van der Waals surface area contributed by atoms with Crippen LogP contribution in [0.15, 0.2) is 71.6 Å². The van der Waals surface area contributed by atoms with E-state index in [0.717, 1.165) is 34.4 Å². The molecule has 3 aromatic carbocycles. The fourth-order valence-corrected chi connectivity index (χ4v) is 3.69. The highest BCUT2D eigenvalue weighted by atomic mass is 35.5. The highest BCUT2D eigenvalue weighted by Crippen LogP contribution is 2.31. The topological polar surface area (TPSA) is 58.2 Å². The molecule has 2 N–H and O–H groups in total. The third kappa shape index (κ3) is 5.56. The summed E-state index contributed by atoms with van der Waals surface area (Å²) in [7, 11) is 0. The zero-order valence-electron chi connectivity index (χ0n) is 14.9. The smallest absolute Gasteiger partial charge is 0.308 e. The van der Waals surface area contributed by atoms with Gasteiger partial charge in [-0.15, -0.1) is 11.8 Å². The number of anilines is 1. The average Bonchev–Trinajstić information content (AvgIpc) is 2.68. The second-order valence-electron chi connectivity index (χ2n) is 5.92. The van der Waals surface area contributed by atoms with Gasteiger partial charge in [0.1, 0.15) is 17.2 Å². The van der Waals surface area contributed by atoms with E-state index in [0.29, 0.717) is 10.7 Å². The second-order valence-corrected chi connectivity index (χ2v) is 7.35. The van der Waals surface area contributed by atoms with Crippen LogP contribution in [0.25, 0.3) is 0 Å². The van der Waals surface area contributed by atoms with E-state index < -0.39 is 29.1 Å². The normalized spacial score (nSPS) is 10.4. The molecule has 3 amide bonds. The molecule has 0 aromatic heterocycles. The lowest BCUT2D eigenvalue weighted by Crippen LogP contribution is -2.35. The number of rotatable bonds is 5. The molecule has 3 rings (SSSR count). The number of urea groups is 1. The molecule has 0 bridgehead atoms. The number of benzene rings is 3. The number of amides is 3. The molecule has 3 aromatic rings. The summed E-state index contributed by atoms with van der Waals surface area (Å²) in [5.74, 6) is -2.56. The number of hydrogen-bond acceptors (Lipinski definition) is 3. The molecule has 0 aliphatic carbocycles. The Balaban J connectivity index is 1.60. The maximum atomic E-state index is 13.6. The van der Waals surface area contributed by atoms with Crippen molar-refractivity contribution in [3.8, 4) is 0 Å². The molecule has 8 heteroatoms. The molecule has 4 nitrogen and oxygen atoms in total. The van der Waals surface area contributed by atoms with E-state index in [1.165, 1.54) is 6.07 Å². The van der Waals surface area contributed by atoms with E-state index in [1.54, 1.807) is 23.9 Å². The van der Waals surface area contributed by atoms with Gasteiger partial charge in [0.05, 0.1) is 5.02 Å². The third-order valence-electron chi connectivity index (χ3n) is 3.84. The predicted octanol–water partition coefficient (Wildman–Crippen LogP) is 5.87. The zero-order chi connectivity index (χ0) is 20.8. The molecular formula is C21H15ClF2N2O2S. The summed E-state index contributed by atoms with van der Waals surface area (Å²) in [6, 6.07) is 16.8. The summed E-state index contributed by atoms with van der Waals surface area (Å²) >= 11 is 7.80. The summed E-state index contributed by atoms with van der Waals surface area (Å²) in [6.45, 7) is 0. The van der Waals surface area contributed by atoms with Crippen LogP contribution in [-0.4, -0.2) is 11.9 Å². The van der Waals surface area contributed by atoms with Crippen LogP contribution in [0.1, 0.15) is 15.9 Å². The Bertz CT molecular complexity index is 1030. The van der Waals surface area contributed by atoms with Gasteiger partial charge in [0.15, 0.2) is 0 Å². The molecule has 29 heavy (non-hydrogen) atoms. The van der Waals surface area contributed by atoms with Crippen LogP contribution in [0.2, 0.25) is 5.02 Å². The lowest BCUT2D eigenvalue weighted by Gasteiger charge is -2.10. The van der Waals surface area contributed by atoms with Crippen molar-refractivity contribution in [3.63, 3.8) is 0 Å². The van der Waals surface area contributed by atoms with Crippen molar-refractivity contribution < 1.29 is 18.4 Å². The summed E-state index contributed by atoms with van der Waals surface area (Å²) in [5.41, 5.74) is 0.653. The first-order valence-corrected chi connectivity index (χ1v) is 9.83. The molecule has 0 radical (unpaired) electrons. The zero-order valence-corrected chi connectivity index (χ0v) is 16.5. The number of carbonyl (C=O) groups excluding carboxylic acids is 2. The molecule has 0 atom stereocenters. The summed E-state index contributed by atoms with van der Waals surface area (Å²) in [6.07, 6.45) is 0. The van der Waals surface area contributed by atoms with Crippen LogP contribution in [0, 0.1) is 11.6 Å². The first-order valence-electron chi connectivity index (χ1n) is 8.46. The molecule has 0 saturated carbocycles. The van der Waals surface area contributed by atoms with Crippen LogP contribution >= 0.6 is 23.4 Å². The van der Waals surface area contributed by atoms with E-state index in [-0.39, 0.29) is 0 Å². The SMILES string of the molecule is O=C(NC(=O)c1c(F)cccc1F)Nc1ccc(SCc2ccccc2)c(Cl)c1. The van der Waals surface area contributed by atoms with E-state index in [9.17, 15) is 18.4 Å². The van der Waals surface area contributed by atoms with E-state index in [2.05, 4.69) is 5.32 Å². The maximum absolute atomic E-state index is 13.6. The molecule has 0 saturated heterocycles. The van der Waals surface area contributed by atoms with Crippen molar-refractivity contribution in [1.29, 1.82) is 0 Å². The maximum Gasteiger partial charge on any atom is 0.326 e. The minimum Gasteiger partial charge on any atom is -0.308 e. The van der Waals surface area contributed by atoms with Crippen LogP contribution in [-0.2, 0) is 5.75 Å². The van der Waals surface area contributed by atoms with Crippen molar-refractivity contribution in [2.75, 3.05) is 5.32 Å².